The van der Waals surface area contributed by atoms with Crippen molar-refractivity contribution in [1.29, 1.82) is 0 Å². The van der Waals surface area contributed by atoms with E-state index in [0.717, 1.165) is 33.0 Å². The molecule has 2 heterocycles. The summed E-state index contributed by atoms with van der Waals surface area (Å²) in [7, 11) is -4.43. The van der Waals surface area contributed by atoms with Crippen molar-refractivity contribution >= 4 is 21.5 Å². The summed E-state index contributed by atoms with van der Waals surface area (Å²) in [4.78, 5) is 3.89. The van der Waals surface area contributed by atoms with Gasteiger partial charge >= 0.3 is 12.4 Å². The number of nitrogens with zero attached hydrogens (tertiary/aromatic N) is 3. The molecule has 4 rings (SSSR count). The predicted molar refractivity (Wildman–Crippen MR) is 121 cm³/mol. The van der Waals surface area contributed by atoms with Crippen molar-refractivity contribution in [2.24, 2.45) is 0 Å². The van der Waals surface area contributed by atoms with E-state index in [9.17, 15) is 34.8 Å². The molecule has 0 fully saturated rings. The number of hydrogen-bond acceptors (Lipinski definition) is 3. The summed E-state index contributed by atoms with van der Waals surface area (Å²) in [5.41, 5.74) is -2.42. The normalized spacial score (nSPS) is 12.8. The monoisotopic (exact) mass is 527 g/mol. The highest BCUT2D eigenvalue weighted by Crippen LogP contribution is 2.37. The van der Waals surface area contributed by atoms with Crippen LogP contribution in [0, 0.1) is 0 Å². The van der Waals surface area contributed by atoms with E-state index in [1.165, 1.54) is 42.6 Å². The van der Waals surface area contributed by atoms with Crippen LogP contribution in [0.1, 0.15) is 29.3 Å². The van der Waals surface area contributed by atoms with Crippen molar-refractivity contribution in [3.8, 4) is 0 Å². The standard InChI is InChI=1S/C24H19F6N3O2S/c1-2-20-22(31-21-19(24(28,29)30)12-7-13-32(20)21)33(36(34,35)18-10-4-3-5-11-18)15-16-8-6-9-17(14-16)23(25,26)27/h3-14H,2,15H2,1H3. The maximum atomic E-state index is 13.7. The van der Waals surface area contributed by atoms with Gasteiger partial charge in [0.1, 0.15) is 0 Å². The third kappa shape index (κ3) is 4.77. The first kappa shape index (κ1) is 25.5. The molecule has 0 saturated carbocycles. The molecule has 0 amide bonds. The highest BCUT2D eigenvalue weighted by molar-refractivity contribution is 7.92. The van der Waals surface area contributed by atoms with Crippen LogP contribution in [-0.4, -0.2) is 17.8 Å². The Morgan fingerprint density at radius 2 is 1.58 bits per heavy atom. The summed E-state index contributed by atoms with van der Waals surface area (Å²) in [5, 5.41) is 0. The molecule has 36 heavy (non-hydrogen) atoms. The third-order valence-corrected chi connectivity index (χ3v) is 7.27. The van der Waals surface area contributed by atoms with Gasteiger partial charge in [-0.2, -0.15) is 26.3 Å². The van der Waals surface area contributed by atoms with Crippen LogP contribution in [0.4, 0.5) is 32.2 Å². The highest BCUT2D eigenvalue weighted by Gasteiger charge is 2.37. The molecule has 4 aromatic rings. The maximum absolute atomic E-state index is 13.7. The minimum Gasteiger partial charge on any atom is -0.301 e. The quantitative estimate of drug-likeness (QED) is 0.276. The smallest absolute Gasteiger partial charge is 0.301 e. The van der Waals surface area contributed by atoms with Crippen molar-refractivity contribution in [2.75, 3.05) is 4.31 Å². The number of rotatable bonds is 6. The van der Waals surface area contributed by atoms with Crippen LogP contribution in [0.3, 0.4) is 0 Å². The van der Waals surface area contributed by atoms with E-state index < -0.39 is 45.7 Å². The second-order valence-corrected chi connectivity index (χ2v) is 9.73. The van der Waals surface area contributed by atoms with E-state index >= 15 is 0 Å². The summed E-state index contributed by atoms with van der Waals surface area (Å²) in [6, 6.07) is 13.2. The Morgan fingerprint density at radius 3 is 2.19 bits per heavy atom. The summed E-state index contributed by atoms with van der Waals surface area (Å²) in [6.45, 7) is 1.03. The number of aromatic nitrogens is 2. The lowest BCUT2D eigenvalue weighted by atomic mass is 10.1. The van der Waals surface area contributed by atoms with Gasteiger partial charge < -0.3 is 4.40 Å². The number of sulfonamides is 1. The fourth-order valence-electron chi connectivity index (χ4n) is 3.86. The lowest BCUT2D eigenvalue weighted by Gasteiger charge is -2.24. The summed E-state index contributed by atoms with van der Waals surface area (Å²) in [6.07, 6.45) is -8.00. The molecule has 2 aromatic carbocycles. The fourth-order valence-corrected chi connectivity index (χ4v) is 5.31. The van der Waals surface area contributed by atoms with Gasteiger partial charge in [0.05, 0.1) is 28.3 Å². The first-order valence-corrected chi connectivity index (χ1v) is 12.1. The van der Waals surface area contributed by atoms with Crippen LogP contribution in [0.15, 0.2) is 77.8 Å². The van der Waals surface area contributed by atoms with Crippen LogP contribution < -0.4 is 4.31 Å². The van der Waals surface area contributed by atoms with Crippen LogP contribution in [0.2, 0.25) is 0 Å². The molecule has 0 unspecified atom stereocenters. The first-order valence-electron chi connectivity index (χ1n) is 10.6. The molecule has 0 aliphatic rings. The fraction of sp³-hybridized carbons (Fsp3) is 0.208. The minimum atomic E-state index is -4.76. The van der Waals surface area contributed by atoms with E-state index in [1.54, 1.807) is 13.0 Å². The average molecular weight is 527 g/mol. The molecule has 5 nitrogen and oxygen atoms in total. The van der Waals surface area contributed by atoms with Crippen molar-refractivity contribution in [3.63, 3.8) is 0 Å². The zero-order chi connectivity index (χ0) is 26.3. The SMILES string of the molecule is CCc1c(N(Cc2cccc(C(F)(F)F)c2)S(=O)(=O)c2ccccc2)nc2c(C(F)(F)F)cccn12. The Hall–Kier alpha value is -3.54. The summed E-state index contributed by atoms with van der Waals surface area (Å²) >= 11 is 0. The molecule has 0 radical (unpaired) electrons. The number of benzene rings is 2. The Kier molecular flexibility index (Phi) is 6.50. The van der Waals surface area contributed by atoms with Gasteiger partial charge in [-0.15, -0.1) is 0 Å². The number of aryl methyl sites for hydroxylation is 1. The summed E-state index contributed by atoms with van der Waals surface area (Å²) in [5.74, 6) is -0.296. The number of alkyl halides is 6. The van der Waals surface area contributed by atoms with E-state index in [4.69, 9.17) is 0 Å². The lowest BCUT2D eigenvalue weighted by Crippen LogP contribution is -2.32. The van der Waals surface area contributed by atoms with E-state index in [-0.39, 0.29) is 28.4 Å². The van der Waals surface area contributed by atoms with Crippen LogP contribution in [-0.2, 0) is 35.3 Å². The molecule has 0 atom stereocenters. The second kappa shape index (κ2) is 9.16. The van der Waals surface area contributed by atoms with Gasteiger partial charge in [-0.25, -0.2) is 17.7 Å². The van der Waals surface area contributed by atoms with E-state index in [1.807, 2.05) is 0 Å². The van der Waals surface area contributed by atoms with E-state index in [0.29, 0.717) is 0 Å². The average Bonchev–Trinajstić information content (AvgIpc) is 3.20. The number of pyridine rings is 1. The van der Waals surface area contributed by atoms with Gasteiger partial charge in [0.15, 0.2) is 11.5 Å². The molecule has 0 aliphatic heterocycles. The van der Waals surface area contributed by atoms with Crippen molar-refractivity contribution in [1.82, 2.24) is 9.38 Å². The maximum Gasteiger partial charge on any atom is 0.419 e. The molecular formula is C24H19F6N3O2S. The predicted octanol–water partition coefficient (Wildman–Crippen LogP) is 6.33. The zero-order valence-electron chi connectivity index (χ0n) is 18.7. The van der Waals surface area contributed by atoms with Gasteiger partial charge in [0.2, 0.25) is 0 Å². The van der Waals surface area contributed by atoms with Gasteiger partial charge in [-0.3, -0.25) is 0 Å². The van der Waals surface area contributed by atoms with Gasteiger partial charge in [-0.05, 0) is 48.4 Å². The Bertz CT molecular complexity index is 1500. The number of anilines is 1. The van der Waals surface area contributed by atoms with Crippen molar-refractivity contribution in [2.45, 2.75) is 37.1 Å². The van der Waals surface area contributed by atoms with Gasteiger partial charge in [0.25, 0.3) is 10.0 Å². The summed E-state index contributed by atoms with van der Waals surface area (Å²) < 4.78 is 110. The first-order chi connectivity index (χ1) is 16.8. The van der Waals surface area contributed by atoms with Gasteiger partial charge in [-0.1, -0.05) is 37.3 Å². The van der Waals surface area contributed by atoms with Crippen molar-refractivity contribution in [3.05, 3.63) is 95.3 Å². The van der Waals surface area contributed by atoms with Crippen molar-refractivity contribution < 1.29 is 34.8 Å². The molecular weight excluding hydrogens is 508 g/mol. The lowest BCUT2D eigenvalue weighted by molar-refractivity contribution is -0.138. The van der Waals surface area contributed by atoms with Crippen LogP contribution in [0.25, 0.3) is 5.65 Å². The van der Waals surface area contributed by atoms with Crippen LogP contribution in [0.5, 0.6) is 0 Å². The molecule has 0 aliphatic carbocycles. The minimum absolute atomic E-state index is 0.0144. The number of hydrogen-bond donors (Lipinski definition) is 0. The highest BCUT2D eigenvalue weighted by atomic mass is 32.2. The van der Waals surface area contributed by atoms with Crippen LogP contribution >= 0.6 is 0 Å². The second-order valence-electron chi connectivity index (χ2n) is 7.87. The zero-order valence-corrected chi connectivity index (χ0v) is 19.5. The molecule has 0 spiro atoms. The third-order valence-electron chi connectivity index (χ3n) is 5.52. The Balaban J connectivity index is 1.96. The molecule has 0 N–H and O–H groups in total. The molecule has 190 valence electrons. The Morgan fingerprint density at radius 1 is 0.889 bits per heavy atom. The number of halogens is 6. The molecule has 0 bridgehead atoms. The Labute approximate surface area is 202 Å². The molecule has 12 heteroatoms. The van der Waals surface area contributed by atoms with Gasteiger partial charge in [0, 0.05) is 6.20 Å². The topological polar surface area (TPSA) is 54.7 Å². The molecule has 2 aromatic heterocycles. The number of fused-ring (bicyclic) bond motifs is 1. The largest absolute Gasteiger partial charge is 0.419 e. The number of imidazole rings is 1. The molecule has 0 saturated heterocycles. The van der Waals surface area contributed by atoms with E-state index in [2.05, 4.69) is 4.98 Å².